The predicted molar refractivity (Wildman–Crippen MR) is 60.1 cm³/mol. The third-order valence-corrected chi connectivity index (χ3v) is 2.30. The molecule has 17 heavy (non-hydrogen) atoms. The maximum absolute atomic E-state index is 11.6. The van der Waals surface area contributed by atoms with Crippen molar-refractivity contribution in [2.24, 2.45) is 5.41 Å². The monoisotopic (exact) mass is 266 g/mol. The van der Waals surface area contributed by atoms with Gasteiger partial charge in [-0.25, -0.2) is 4.79 Å². The highest BCUT2D eigenvalue weighted by Crippen LogP contribution is 2.16. The van der Waals surface area contributed by atoms with Gasteiger partial charge in [0.2, 0.25) is 5.91 Å². The smallest absolute Gasteiger partial charge is 0.327 e. The van der Waals surface area contributed by atoms with Gasteiger partial charge in [-0.1, -0.05) is 0 Å². The summed E-state index contributed by atoms with van der Waals surface area (Å²) in [6.07, 6.45) is 0. The number of amides is 1. The number of carboxylic acid groups (broad SMARTS) is 1. The fraction of sp³-hybridized carbons (Fsp3) is 0.750. The molecule has 0 heterocycles. The van der Waals surface area contributed by atoms with Gasteiger partial charge in [0.1, 0.15) is 12.6 Å². The zero-order chi connectivity index (χ0) is 13.6. The van der Waals surface area contributed by atoms with Crippen molar-refractivity contribution in [3.8, 4) is 0 Å². The molecule has 0 unspecified atom stereocenters. The van der Waals surface area contributed by atoms with E-state index in [0.717, 1.165) is 0 Å². The van der Waals surface area contributed by atoms with Gasteiger partial charge in [-0.15, -0.1) is 10.1 Å². The molecule has 0 radical (unpaired) electrons. The van der Waals surface area contributed by atoms with Gasteiger partial charge in [0, 0.05) is 5.75 Å². The van der Waals surface area contributed by atoms with Crippen molar-refractivity contribution in [3.63, 3.8) is 0 Å². The van der Waals surface area contributed by atoms with E-state index in [2.05, 4.69) is 22.8 Å². The van der Waals surface area contributed by atoms with Crippen LogP contribution in [-0.4, -0.2) is 40.5 Å². The van der Waals surface area contributed by atoms with Crippen LogP contribution < -0.4 is 5.32 Å². The average Bonchev–Trinajstić information content (AvgIpc) is 2.22. The Balaban J connectivity index is 4.46. The summed E-state index contributed by atoms with van der Waals surface area (Å²) >= 11 is 3.78. The van der Waals surface area contributed by atoms with Crippen molar-refractivity contribution >= 4 is 24.5 Å². The van der Waals surface area contributed by atoms with Gasteiger partial charge in [0.25, 0.3) is 5.09 Å². The van der Waals surface area contributed by atoms with E-state index in [-0.39, 0.29) is 5.75 Å². The van der Waals surface area contributed by atoms with E-state index in [1.54, 1.807) is 0 Å². The van der Waals surface area contributed by atoms with Crippen molar-refractivity contribution < 1.29 is 24.6 Å². The molecule has 2 N–H and O–H groups in total. The minimum absolute atomic E-state index is 0.0761. The number of carbonyl (C=O) groups excluding carboxylic acids is 1. The van der Waals surface area contributed by atoms with Crippen molar-refractivity contribution in [3.05, 3.63) is 10.1 Å². The maximum Gasteiger partial charge on any atom is 0.327 e. The molecule has 8 nitrogen and oxygen atoms in total. The molecule has 0 fully saturated rings. The molecule has 0 aliphatic heterocycles. The maximum atomic E-state index is 11.6. The molecule has 1 amide bonds. The third-order valence-electron chi connectivity index (χ3n) is 1.93. The van der Waals surface area contributed by atoms with Crippen LogP contribution in [0.15, 0.2) is 0 Å². The Hall–Kier alpha value is -1.51. The van der Waals surface area contributed by atoms with Gasteiger partial charge in [0.05, 0.1) is 5.41 Å². The van der Waals surface area contributed by atoms with Gasteiger partial charge in [-0.2, -0.15) is 12.6 Å². The Bertz CT molecular complexity index is 319. The topological polar surface area (TPSA) is 119 Å². The first-order valence-electron chi connectivity index (χ1n) is 4.62. The number of thiol groups is 1. The van der Waals surface area contributed by atoms with Crippen molar-refractivity contribution in [1.29, 1.82) is 0 Å². The number of hydrogen-bond acceptors (Lipinski definition) is 6. The lowest BCUT2D eigenvalue weighted by Gasteiger charge is -2.24. The molecule has 0 aromatic carbocycles. The number of rotatable bonds is 7. The molecule has 0 aromatic heterocycles. The van der Waals surface area contributed by atoms with E-state index in [1.165, 1.54) is 13.8 Å². The minimum atomic E-state index is -1.22. The van der Waals surface area contributed by atoms with Gasteiger partial charge < -0.3 is 15.3 Å². The van der Waals surface area contributed by atoms with Gasteiger partial charge in [0.15, 0.2) is 0 Å². The summed E-state index contributed by atoms with van der Waals surface area (Å²) in [5.41, 5.74) is -1.20. The molecular weight excluding hydrogens is 252 g/mol. The molecule has 0 saturated carbocycles. The van der Waals surface area contributed by atoms with E-state index >= 15 is 0 Å². The highest BCUT2D eigenvalue weighted by Gasteiger charge is 2.32. The third kappa shape index (κ3) is 5.38. The molecule has 0 bridgehead atoms. The number of hydrogen-bond donors (Lipinski definition) is 3. The molecule has 0 spiro atoms. The molecule has 0 aliphatic rings. The van der Waals surface area contributed by atoms with Crippen LogP contribution in [0.25, 0.3) is 0 Å². The summed E-state index contributed by atoms with van der Waals surface area (Å²) in [5.74, 6) is -1.95. The van der Waals surface area contributed by atoms with Crippen LogP contribution in [-0.2, 0) is 14.4 Å². The fourth-order valence-corrected chi connectivity index (χ4v) is 1.07. The van der Waals surface area contributed by atoms with E-state index < -0.39 is 35.0 Å². The summed E-state index contributed by atoms with van der Waals surface area (Å²) in [7, 11) is 0. The van der Waals surface area contributed by atoms with E-state index in [9.17, 15) is 19.7 Å². The van der Waals surface area contributed by atoms with Crippen molar-refractivity contribution in [2.75, 3.05) is 12.4 Å². The minimum Gasteiger partial charge on any atom is -0.480 e. The molecule has 0 aliphatic carbocycles. The lowest BCUT2D eigenvalue weighted by Crippen LogP contribution is -2.49. The number of aliphatic carboxylic acids is 1. The summed E-state index contributed by atoms with van der Waals surface area (Å²) in [6.45, 7) is 2.36. The molecule has 98 valence electrons. The molecule has 0 aromatic rings. The van der Waals surface area contributed by atoms with Crippen LogP contribution >= 0.6 is 12.6 Å². The fourth-order valence-electron chi connectivity index (χ4n) is 0.819. The second kappa shape index (κ2) is 6.28. The normalized spacial score (nSPS) is 12.6. The Labute approximate surface area is 103 Å². The number of carboxylic acids is 1. The van der Waals surface area contributed by atoms with Gasteiger partial charge in [-0.3, -0.25) is 4.79 Å². The van der Waals surface area contributed by atoms with Crippen LogP contribution in [0.4, 0.5) is 0 Å². The Morgan fingerprint density at radius 1 is 1.59 bits per heavy atom. The summed E-state index contributed by atoms with van der Waals surface area (Å²) in [4.78, 5) is 36.4. The van der Waals surface area contributed by atoms with Crippen LogP contribution in [0.1, 0.15) is 13.8 Å². The largest absolute Gasteiger partial charge is 0.480 e. The Kier molecular flexibility index (Phi) is 5.72. The SMILES string of the molecule is CC(C)(CO[N+](=O)[O-])C(=O)N[C@@H](CS)C(=O)O. The van der Waals surface area contributed by atoms with Crippen LogP contribution in [0.2, 0.25) is 0 Å². The average molecular weight is 266 g/mol. The number of nitrogens with zero attached hydrogens (tertiary/aromatic N) is 1. The molecule has 0 saturated heterocycles. The summed E-state index contributed by atoms with van der Waals surface area (Å²) < 4.78 is 0. The van der Waals surface area contributed by atoms with Crippen molar-refractivity contribution in [2.45, 2.75) is 19.9 Å². The zero-order valence-corrected chi connectivity index (χ0v) is 10.3. The zero-order valence-electron chi connectivity index (χ0n) is 9.37. The second-order valence-electron chi connectivity index (χ2n) is 3.93. The molecule has 9 heteroatoms. The lowest BCUT2D eigenvalue weighted by atomic mass is 9.93. The predicted octanol–water partition coefficient (Wildman–Crippen LogP) is -0.280. The van der Waals surface area contributed by atoms with E-state index in [4.69, 9.17) is 5.11 Å². The van der Waals surface area contributed by atoms with E-state index in [1.807, 2.05) is 0 Å². The number of carbonyl (C=O) groups is 2. The highest BCUT2D eigenvalue weighted by atomic mass is 32.1. The Morgan fingerprint density at radius 3 is 2.47 bits per heavy atom. The summed E-state index contributed by atoms with van der Waals surface area (Å²) in [5, 5.41) is 19.9. The molecule has 0 rings (SSSR count). The van der Waals surface area contributed by atoms with Gasteiger partial charge in [-0.05, 0) is 13.8 Å². The van der Waals surface area contributed by atoms with Crippen LogP contribution in [0.5, 0.6) is 0 Å². The Morgan fingerprint density at radius 2 is 2.12 bits per heavy atom. The second-order valence-corrected chi connectivity index (χ2v) is 4.29. The highest BCUT2D eigenvalue weighted by molar-refractivity contribution is 7.80. The summed E-state index contributed by atoms with van der Waals surface area (Å²) in [6, 6.07) is -1.14. The first-order valence-corrected chi connectivity index (χ1v) is 5.26. The van der Waals surface area contributed by atoms with Crippen molar-refractivity contribution in [1.82, 2.24) is 5.32 Å². The quantitative estimate of drug-likeness (QED) is 0.331. The van der Waals surface area contributed by atoms with Crippen LogP contribution in [0, 0.1) is 15.5 Å². The molecule has 1 atom stereocenters. The van der Waals surface area contributed by atoms with E-state index in [0.29, 0.717) is 0 Å². The first kappa shape index (κ1) is 15.5. The first-order chi connectivity index (χ1) is 7.70. The standard InChI is InChI=1S/C8H14N2O6S/c1-8(2,4-16-10(14)15)7(13)9-5(3-17)6(11)12/h5,17H,3-4H2,1-2H3,(H,9,13)(H,11,12)/t5-/m0/s1. The van der Waals surface area contributed by atoms with Gasteiger partial charge >= 0.3 is 5.97 Å². The number of nitrogens with one attached hydrogen (secondary N) is 1. The molecular formula is C8H14N2O6S. The lowest BCUT2D eigenvalue weighted by molar-refractivity contribution is -0.760. The van der Waals surface area contributed by atoms with Crippen LogP contribution in [0.3, 0.4) is 0 Å².